The van der Waals surface area contributed by atoms with Gasteiger partial charge in [-0.1, -0.05) is 53.5 Å². The summed E-state index contributed by atoms with van der Waals surface area (Å²) in [5.41, 5.74) is 0.982. The van der Waals surface area contributed by atoms with E-state index in [2.05, 4.69) is 4.99 Å². The Bertz CT molecular complexity index is 840. The summed E-state index contributed by atoms with van der Waals surface area (Å²) < 4.78 is 49.7. The molecule has 0 aliphatic heterocycles. The molecule has 0 aromatic heterocycles. The molecule has 140 valence electrons. The van der Waals surface area contributed by atoms with Gasteiger partial charge < -0.3 is 4.90 Å². The van der Waals surface area contributed by atoms with Crippen molar-refractivity contribution < 1.29 is 17.4 Å². The van der Waals surface area contributed by atoms with Crippen molar-refractivity contribution in [3.8, 4) is 0 Å². The van der Waals surface area contributed by atoms with Gasteiger partial charge in [-0.05, 0) is 12.1 Å². The van der Waals surface area contributed by atoms with Gasteiger partial charge in [0.05, 0.1) is 31.4 Å². The van der Waals surface area contributed by atoms with Crippen LogP contribution >= 0.6 is 23.2 Å². The summed E-state index contributed by atoms with van der Waals surface area (Å²) >= 11 is 12.1. The summed E-state index contributed by atoms with van der Waals surface area (Å²) in [6.45, 7) is 0. The molecule has 0 heterocycles. The van der Waals surface area contributed by atoms with Gasteiger partial charge in [-0.15, -0.1) is 0 Å². The molecule has 0 spiro atoms. The van der Waals surface area contributed by atoms with Gasteiger partial charge in [0.2, 0.25) is 0 Å². The van der Waals surface area contributed by atoms with Crippen LogP contribution in [0.4, 0.5) is 18.9 Å². The number of amidine groups is 1. The van der Waals surface area contributed by atoms with Crippen LogP contribution in [0.5, 0.6) is 0 Å². The number of hydrogen-bond acceptors (Lipinski definition) is 2. The molecule has 2 aromatic carbocycles. The molecule has 0 N–H and O–H groups in total. The van der Waals surface area contributed by atoms with E-state index in [1.807, 2.05) is 30.3 Å². The Labute approximate surface area is 161 Å². The highest BCUT2D eigenvalue weighted by molar-refractivity contribution is 7.85. The number of hydrogen-bond donors (Lipinski definition) is 0. The number of alkyl halides is 3. The monoisotopic (exact) mass is 422 g/mol. The largest absolute Gasteiger partial charge is 0.400 e. The number of nitrogens with zero attached hydrogens (tertiary/aromatic N) is 2. The van der Waals surface area contributed by atoms with Crippen LogP contribution in [0.2, 0.25) is 10.0 Å². The lowest BCUT2D eigenvalue weighted by atomic mass is 10.2. The lowest BCUT2D eigenvalue weighted by Gasteiger charge is -2.17. The van der Waals surface area contributed by atoms with Crippen LogP contribution < -0.4 is 0 Å². The van der Waals surface area contributed by atoms with Gasteiger partial charge >= 0.3 is 6.18 Å². The first kappa shape index (κ1) is 20.7. The average Bonchev–Trinajstić information content (AvgIpc) is 2.52. The maximum atomic E-state index is 12.5. The molecule has 9 heteroatoms. The Balaban J connectivity index is 2.52. The average molecular weight is 423 g/mol. The van der Waals surface area contributed by atoms with Gasteiger partial charge in [-0.3, -0.25) is 4.21 Å². The first-order chi connectivity index (χ1) is 12.1. The van der Waals surface area contributed by atoms with Crippen LogP contribution in [0.15, 0.2) is 52.4 Å². The molecule has 26 heavy (non-hydrogen) atoms. The fourth-order valence-electron chi connectivity index (χ4n) is 2.13. The summed E-state index contributed by atoms with van der Waals surface area (Å²) in [5.74, 6) is -0.945. The highest BCUT2D eigenvalue weighted by Gasteiger charge is 2.32. The Hall–Kier alpha value is -1.57. The molecule has 0 aliphatic rings. The van der Waals surface area contributed by atoms with E-state index in [-0.39, 0.29) is 20.6 Å². The van der Waals surface area contributed by atoms with Gasteiger partial charge in [-0.2, -0.15) is 13.2 Å². The third kappa shape index (κ3) is 5.46. The molecule has 3 nitrogen and oxygen atoms in total. The van der Waals surface area contributed by atoms with E-state index in [1.165, 1.54) is 12.1 Å². The molecule has 0 bridgehead atoms. The van der Waals surface area contributed by atoms with E-state index in [9.17, 15) is 17.4 Å². The zero-order valence-corrected chi connectivity index (χ0v) is 16.2. The summed E-state index contributed by atoms with van der Waals surface area (Å²) in [5, 5.41) is 0.0562. The van der Waals surface area contributed by atoms with Gasteiger partial charge in [-0.25, -0.2) is 4.99 Å². The third-order valence-electron chi connectivity index (χ3n) is 3.22. The van der Waals surface area contributed by atoms with Crippen LogP contribution in [0, 0.1) is 0 Å². The van der Waals surface area contributed by atoms with Crippen molar-refractivity contribution in [1.29, 1.82) is 0 Å². The maximum Gasteiger partial charge on any atom is 0.400 e. The molecule has 2 rings (SSSR count). The Morgan fingerprint density at radius 2 is 1.73 bits per heavy atom. The van der Waals surface area contributed by atoms with Crippen molar-refractivity contribution in [2.75, 3.05) is 19.8 Å². The second kappa shape index (κ2) is 8.41. The molecular weight excluding hydrogens is 408 g/mol. The molecule has 0 fully saturated rings. The van der Waals surface area contributed by atoms with Crippen LogP contribution in [-0.4, -0.2) is 41.0 Å². The second-order valence-electron chi connectivity index (χ2n) is 5.53. The fourth-order valence-corrected chi connectivity index (χ4v) is 3.78. The van der Waals surface area contributed by atoms with E-state index in [0.29, 0.717) is 5.84 Å². The minimum Gasteiger partial charge on any atom is -0.362 e. The number of benzene rings is 2. The molecular formula is C17H15Cl2F3N2OS. The SMILES string of the molecule is CN(C)C(=Nc1cc(S(=O)CC(F)(F)F)c(Cl)cc1Cl)c1ccccc1. The fraction of sp³-hybridized carbons (Fsp3) is 0.235. The Morgan fingerprint density at radius 1 is 1.12 bits per heavy atom. The molecule has 0 saturated heterocycles. The summed E-state index contributed by atoms with van der Waals surface area (Å²) in [6.07, 6.45) is -4.57. The Morgan fingerprint density at radius 3 is 2.27 bits per heavy atom. The van der Waals surface area contributed by atoms with Gasteiger partial charge in [0, 0.05) is 19.7 Å². The van der Waals surface area contributed by atoms with E-state index in [1.54, 1.807) is 19.0 Å². The minimum absolute atomic E-state index is 0.0948. The van der Waals surface area contributed by atoms with Gasteiger partial charge in [0.25, 0.3) is 0 Å². The van der Waals surface area contributed by atoms with Crippen molar-refractivity contribution in [1.82, 2.24) is 4.90 Å². The smallest absolute Gasteiger partial charge is 0.362 e. The van der Waals surface area contributed by atoms with Gasteiger partial charge in [0.1, 0.15) is 11.6 Å². The molecule has 1 atom stereocenters. The number of halogens is 5. The summed E-state index contributed by atoms with van der Waals surface area (Å²) in [6, 6.07) is 11.7. The Kier molecular flexibility index (Phi) is 6.71. The zero-order valence-electron chi connectivity index (χ0n) is 13.8. The molecule has 1 unspecified atom stereocenters. The zero-order chi connectivity index (χ0) is 19.5. The van der Waals surface area contributed by atoms with Crippen molar-refractivity contribution in [2.24, 2.45) is 4.99 Å². The number of rotatable bonds is 4. The highest BCUT2D eigenvalue weighted by atomic mass is 35.5. The molecule has 2 aromatic rings. The van der Waals surface area contributed by atoms with Crippen molar-refractivity contribution in [2.45, 2.75) is 11.1 Å². The summed E-state index contributed by atoms with van der Waals surface area (Å²) in [7, 11) is 1.20. The van der Waals surface area contributed by atoms with Crippen LogP contribution in [-0.2, 0) is 10.8 Å². The predicted octanol–water partition coefficient (Wildman–Crippen LogP) is 5.30. The summed E-state index contributed by atoms with van der Waals surface area (Å²) in [4.78, 5) is 6.03. The van der Waals surface area contributed by atoms with Crippen LogP contribution in [0.25, 0.3) is 0 Å². The second-order valence-corrected chi connectivity index (χ2v) is 7.77. The van der Waals surface area contributed by atoms with E-state index < -0.39 is 22.7 Å². The van der Waals surface area contributed by atoms with Crippen LogP contribution in [0.3, 0.4) is 0 Å². The normalized spacial score (nSPS) is 13.6. The lowest BCUT2D eigenvalue weighted by molar-refractivity contribution is -0.105. The standard InChI is InChI=1S/C17H15Cl2F3N2OS/c1-24(2)16(11-6-4-3-5-7-11)23-14-9-15(13(19)8-12(14)18)26(25)10-17(20,21)22/h3-9H,10H2,1-2H3. The topological polar surface area (TPSA) is 32.7 Å². The lowest BCUT2D eigenvalue weighted by Crippen LogP contribution is -2.22. The first-order valence-electron chi connectivity index (χ1n) is 7.34. The highest BCUT2D eigenvalue weighted by Crippen LogP contribution is 2.35. The molecule has 0 saturated carbocycles. The van der Waals surface area contributed by atoms with Crippen LogP contribution in [0.1, 0.15) is 5.56 Å². The molecule has 0 radical (unpaired) electrons. The van der Waals surface area contributed by atoms with E-state index >= 15 is 0 Å². The third-order valence-corrected chi connectivity index (χ3v) is 5.37. The number of aliphatic imine (C=N–C) groups is 1. The first-order valence-corrected chi connectivity index (χ1v) is 9.41. The van der Waals surface area contributed by atoms with E-state index in [0.717, 1.165) is 5.56 Å². The van der Waals surface area contributed by atoms with Crippen molar-refractivity contribution in [3.63, 3.8) is 0 Å². The van der Waals surface area contributed by atoms with Gasteiger partial charge in [0.15, 0.2) is 0 Å². The van der Waals surface area contributed by atoms with Crippen molar-refractivity contribution >= 4 is 45.5 Å². The van der Waals surface area contributed by atoms with E-state index in [4.69, 9.17) is 23.2 Å². The minimum atomic E-state index is -4.57. The maximum absolute atomic E-state index is 12.5. The predicted molar refractivity (Wildman–Crippen MR) is 100 cm³/mol. The quantitative estimate of drug-likeness (QED) is 0.494. The van der Waals surface area contributed by atoms with Crippen molar-refractivity contribution in [3.05, 3.63) is 58.1 Å². The molecule has 0 aliphatic carbocycles. The molecule has 0 amide bonds.